The van der Waals surface area contributed by atoms with Crippen LogP contribution in [0.1, 0.15) is 52.9 Å². The molecule has 3 unspecified atom stereocenters. The van der Waals surface area contributed by atoms with Crippen LogP contribution in [0.3, 0.4) is 0 Å². The van der Waals surface area contributed by atoms with Crippen LogP contribution in [-0.4, -0.2) is 56.6 Å². The van der Waals surface area contributed by atoms with Crippen LogP contribution in [0.2, 0.25) is 0 Å². The fourth-order valence-corrected chi connectivity index (χ4v) is 5.12. The van der Waals surface area contributed by atoms with Crippen LogP contribution in [0.5, 0.6) is 0 Å². The van der Waals surface area contributed by atoms with Crippen molar-refractivity contribution in [2.45, 2.75) is 43.5 Å². The quantitative estimate of drug-likeness (QED) is 0.597. The van der Waals surface area contributed by atoms with Gasteiger partial charge in [-0.05, 0) is 18.9 Å². The average molecular weight is 461 g/mol. The Morgan fingerprint density at radius 2 is 2.06 bits per heavy atom. The third-order valence-corrected chi connectivity index (χ3v) is 6.95. The van der Waals surface area contributed by atoms with Crippen molar-refractivity contribution in [3.63, 3.8) is 0 Å². The third-order valence-electron chi connectivity index (χ3n) is 6.95. The molecular formula is C24H23N5O5. The molecular weight excluding hydrogens is 438 g/mol. The lowest BCUT2D eigenvalue weighted by atomic mass is 9.97. The summed E-state index contributed by atoms with van der Waals surface area (Å²) in [6.07, 6.45) is 2.52. The van der Waals surface area contributed by atoms with Crippen molar-refractivity contribution in [2.75, 3.05) is 13.6 Å². The number of likely N-dealkylation sites (N-methyl/N-ethyl adjacent to an activating group) is 1. The normalized spacial score (nSPS) is 25.6. The average Bonchev–Trinajstić information content (AvgIpc) is 3.55. The number of nitrogens with zero attached hydrogens (tertiary/aromatic N) is 4. The van der Waals surface area contributed by atoms with Crippen LogP contribution in [0.15, 0.2) is 34.9 Å². The second-order valence-corrected chi connectivity index (χ2v) is 9.14. The molecule has 3 aliphatic heterocycles. The van der Waals surface area contributed by atoms with Crippen molar-refractivity contribution in [1.29, 1.82) is 0 Å². The molecule has 0 spiro atoms. The van der Waals surface area contributed by atoms with Gasteiger partial charge in [0.05, 0.1) is 17.9 Å². The van der Waals surface area contributed by atoms with Crippen LogP contribution in [0, 0.1) is 0 Å². The van der Waals surface area contributed by atoms with Crippen molar-refractivity contribution < 1.29 is 24.0 Å². The SMILES string of the molecule is CN1CCC(O)(c2cc(-c3cccc(-c4nc5c(c(C(N)=O)n4)C4CCC(C5)O4)c3)no2)C1=O. The molecule has 3 N–H and O–H groups in total. The first kappa shape index (κ1) is 20.9. The summed E-state index contributed by atoms with van der Waals surface area (Å²) >= 11 is 0. The van der Waals surface area contributed by atoms with Gasteiger partial charge in [0.1, 0.15) is 11.4 Å². The van der Waals surface area contributed by atoms with Crippen LogP contribution in [-0.2, 0) is 21.6 Å². The maximum absolute atomic E-state index is 12.4. The highest BCUT2D eigenvalue weighted by Crippen LogP contribution is 2.42. The number of hydrogen-bond acceptors (Lipinski definition) is 8. The number of aliphatic hydroxyl groups is 1. The van der Waals surface area contributed by atoms with E-state index in [2.05, 4.69) is 10.1 Å². The number of primary amides is 1. The van der Waals surface area contributed by atoms with Gasteiger partial charge < -0.3 is 25.0 Å². The molecule has 10 heteroatoms. The van der Waals surface area contributed by atoms with Gasteiger partial charge in [0.2, 0.25) is 5.60 Å². The van der Waals surface area contributed by atoms with Crippen molar-refractivity contribution in [1.82, 2.24) is 20.0 Å². The summed E-state index contributed by atoms with van der Waals surface area (Å²) in [5.41, 5.74) is 7.51. The summed E-state index contributed by atoms with van der Waals surface area (Å²) < 4.78 is 11.3. The van der Waals surface area contributed by atoms with E-state index in [1.165, 1.54) is 4.90 Å². The lowest BCUT2D eigenvalue weighted by molar-refractivity contribution is -0.144. The molecule has 1 aromatic carbocycles. The van der Waals surface area contributed by atoms with E-state index in [9.17, 15) is 14.7 Å². The predicted molar refractivity (Wildman–Crippen MR) is 118 cm³/mol. The Balaban J connectivity index is 1.38. The highest BCUT2D eigenvalue weighted by Gasteiger charge is 2.48. The Bertz CT molecular complexity index is 1340. The topological polar surface area (TPSA) is 145 Å². The fraction of sp³-hybridized carbons (Fsp3) is 0.375. The van der Waals surface area contributed by atoms with Gasteiger partial charge in [-0.3, -0.25) is 9.59 Å². The minimum absolute atomic E-state index is 0.101. The highest BCUT2D eigenvalue weighted by molar-refractivity contribution is 5.93. The Morgan fingerprint density at radius 3 is 2.82 bits per heavy atom. The molecule has 3 aromatic rings. The second-order valence-electron chi connectivity index (χ2n) is 9.14. The summed E-state index contributed by atoms with van der Waals surface area (Å²) in [6, 6.07) is 8.90. The van der Waals surface area contributed by atoms with E-state index in [1.54, 1.807) is 13.1 Å². The van der Waals surface area contributed by atoms with Crippen molar-refractivity contribution >= 4 is 11.8 Å². The number of ether oxygens (including phenoxy) is 1. The number of aromatic nitrogens is 3. The van der Waals surface area contributed by atoms with Crippen molar-refractivity contribution in [2.24, 2.45) is 5.73 Å². The molecule has 10 nitrogen and oxygen atoms in total. The van der Waals surface area contributed by atoms with E-state index in [4.69, 9.17) is 20.0 Å². The number of carbonyl (C=O) groups is 2. The van der Waals surface area contributed by atoms with Crippen molar-refractivity contribution in [3.8, 4) is 22.6 Å². The van der Waals surface area contributed by atoms with E-state index >= 15 is 0 Å². The molecule has 174 valence electrons. The highest BCUT2D eigenvalue weighted by atomic mass is 16.5. The standard InChI is InChI=1S/C24H23N5O5/c1-29-8-7-24(32,23(29)31)18-11-15(28-34-18)12-3-2-4-13(9-12)22-26-16-10-14-5-6-17(33-14)19(16)20(27-22)21(25)30/h2-4,9,11,14,17,32H,5-8,10H2,1H3,(H2,25,30). The van der Waals surface area contributed by atoms with E-state index in [1.807, 2.05) is 24.3 Å². The molecule has 0 radical (unpaired) electrons. The first-order valence-corrected chi connectivity index (χ1v) is 11.3. The zero-order chi connectivity index (χ0) is 23.6. The number of rotatable bonds is 4. The molecule has 0 saturated carbocycles. The summed E-state index contributed by atoms with van der Waals surface area (Å²) in [7, 11) is 1.64. The smallest absolute Gasteiger partial charge is 0.267 e. The number of likely N-dealkylation sites (tertiary alicyclic amines) is 1. The van der Waals surface area contributed by atoms with Gasteiger partial charge in [0.15, 0.2) is 11.6 Å². The number of amides is 2. The summed E-state index contributed by atoms with van der Waals surface area (Å²) in [6.45, 7) is 0.436. The molecule has 2 bridgehead atoms. The third kappa shape index (κ3) is 3.13. The molecule has 2 amide bonds. The molecule has 6 rings (SSSR count). The summed E-state index contributed by atoms with van der Waals surface area (Å²) in [5, 5.41) is 14.9. The lowest BCUT2D eigenvalue weighted by Crippen LogP contribution is -2.35. The minimum atomic E-state index is -1.71. The summed E-state index contributed by atoms with van der Waals surface area (Å²) in [4.78, 5) is 35.4. The Labute approximate surface area is 194 Å². The molecule has 5 heterocycles. The maximum atomic E-state index is 12.4. The summed E-state index contributed by atoms with van der Waals surface area (Å²) in [5.74, 6) is -0.515. The van der Waals surface area contributed by atoms with Crippen LogP contribution >= 0.6 is 0 Å². The molecule has 3 aliphatic rings. The van der Waals surface area contributed by atoms with E-state index in [-0.39, 0.29) is 30.1 Å². The first-order valence-electron chi connectivity index (χ1n) is 11.3. The Morgan fingerprint density at radius 1 is 1.24 bits per heavy atom. The largest absolute Gasteiger partial charge is 0.373 e. The maximum Gasteiger partial charge on any atom is 0.267 e. The zero-order valence-electron chi connectivity index (χ0n) is 18.5. The number of fused-ring (bicyclic) bond motifs is 4. The zero-order valence-corrected chi connectivity index (χ0v) is 18.5. The van der Waals surface area contributed by atoms with E-state index in [0.29, 0.717) is 41.2 Å². The molecule has 2 aromatic heterocycles. The van der Waals surface area contributed by atoms with Crippen LogP contribution < -0.4 is 5.73 Å². The first-order chi connectivity index (χ1) is 16.3. The number of carbonyl (C=O) groups excluding carboxylic acids is 2. The van der Waals surface area contributed by atoms with Crippen LogP contribution in [0.4, 0.5) is 0 Å². The molecule has 2 saturated heterocycles. The van der Waals surface area contributed by atoms with Gasteiger partial charge in [-0.2, -0.15) is 0 Å². The monoisotopic (exact) mass is 461 g/mol. The van der Waals surface area contributed by atoms with Gasteiger partial charge >= 0.3 is 0 Å². The molecule has 2 fully saturated rings. The predicted octanol–water partition coefficient (Wildman–Crippen LogP) is 1.72. The van der Waals surface area contributed by atoms with E-state index in [0.717, 1.165) is 18.5 Å². The lowest BCUT2D eigenvalue weighted by Gasteiger charge is -2.24. The van der Waals surface area contributed by atoms with Crippen molar-refractivity contribution in [3.05, 3.63) is 53.0 Å². The Kier molecular flexibility index (Phi) is 4.58. The molecule has 0 aliphatic carbocycles. The second kappa shape index (κ2) is 7.44. The number of hydrogen-bond donors (Lipinski definition) is 2. The minimum Gasteiger partial charge on any atom is -0.373 e. The van der Waals surface area contributed by atoms with Crippen LogP contribution in [0.25, 0.3) is 22.6 Å². The number of nitrogens with two attached hydrogens (primary N) is 1. The molecule has 34 heavy (non-hydrogen) atoms. The molecule has 3 atom stereocenters. The van der Waals surface area contributed by atoms with E-state index < -0.39 is 17.4 Å². The van der Waals surface area contributed by atoms with Gasteiger partial charge in [-0.15, -0.1) is 0 Å². The van der Waals surface area contributed by atoms with Gasteiger partial charge in [-0.25, -0.2) is 9.97 Å². The number of benzene rings is 1. The fourth-order valence-electron chi connectivity index (χ4n) is 5.12. The van der Waals surface area contributed by atoms with Gasteiger partial charge in [0, 0.05) is 49.2 Å². The van der Waals surface area contributed by atoms with Gasteiger partial charge in [0.25, 0.3) is 11.8 Å². The Hall–Kier alpha value is -3.63. The van der Waals surface area contributed by atoms with Gasteiger partial charge in [-0.1, -0.05) is 23.4 Å².